The van der Waals surface area contributed by atoms with Crippen molar-refractivity contribution in [2.24, 2.45) is 11.8 Å². The minimum Gasteiger partial charge on any atom is -0.207 e. The quantitative estimate of drug-likeness (QED) is 0.703. The molecular formula is C12H15BrF2. The molecule has 0 aliphatic rings. The van der Waals surface area contributed by atoms with Crippen LogP contribution in [0, 0.1) is 23.5 Å². The second kappa shape index (κ2) is 5.06. The van der Waals surface area contributed by atoms with E-state index in [1.807, 2.05) is 6.92 Å². The summed E-state index contributed by atoms with van der Waals surface area (Å²) in [6.45, 7) is 6.15. The molecule has 0 radical (unpaired) electrons. The van der Waals surface area contributed by atoms with Gasteiger partial charge in [-0.3, -0.25) is 0 Å². The van der Waals surface area contributed by atoms with E-state index >= 15 is 0 Å². The molecule has 84 valence electrons. The molecule has 0 amide bonds. The standard InChI is InChI=1S/C12H15BrF2/c1-7(2)8(3)12(13)10-6-9(14)4-5-11(10)15/h4-8,12H,1-3H3. The first-order valence-electron chi connectivity index (χ1n) is 5.02. The highest BCUT2D eigenvalue weighted by molar-refractivity contribution is 9.09. The Bertz CT molecular complexity index is 336. The van der Waals surface area contributed by atoms with Gasteiger partial charge in [0.05, 0.1) is 0 Å². The third kappa shape index (κ3) is 3.00. The van der Waals surface area contributed by atoms with Crippen molar-refractivity contribution in [2.45, 2.75) is 25.6 Å². The molecule has 1 aromatic carbocycles. The molecule has 0 aromatic heterocycles. The Balaban J connectivity index is 2.99. The minimum atomic E-state index is -0.396. The van der Waals surface area contributed by atoms with E-state index in [4.69, 9.17) is 0 Å². The Morgan fingerprint density at radius 1 is 1.13 bits per heavy atom. The van der Waals surface area contributed by atoms with Crippen LogP contribution < -0.4 is 0 Å². The SMILES string of the molecule is CC(C)C(C)C(Br)c1cc(F)ccc1F. The molecule has 15 heavy (non-hydrogen) atoms. The second-order valence-corrected chi connectivity index (χ2v) is 5.16. The Morgan fingerprint density at radius 2 is 1.73 bits per heavy atom. The summed E-state index contributed by atoms with van der Waals surface area (Å²) in [7, 11) is 0. The molecule has 0 saturated carbocycles. The molecule has 0 heterocycles. The molecule has 0 aliphatic carbocycles. The maximum Gasteiger partial charge on any atom is 0.127 e. The summed E-state index contributed by atoms with van der Waals surface area (Å²) >= 11 is 3.43. The number of halogens is 3. The van der Waals surface area contributed by atoms with Crippen molar-refractivity contribution in [1.82, 2.24) is 0 Å². The van der Waals surface area contributed by atoms with E-state index in [-0.39, 0.29) is 16.6 Å². The monoisotopic (exact) mass is 276 g/mol. The molecule has 0 aliphatic heterocycles. The zero-order chi connectivity index (χ0) is 11.6. The molecule has 2 atom stereocenters. The first-order chi connectivity index (χ1) is 6.93. The summed E-state index contributed by atoms with van der Waals surface area (Å²) < 4.78 is 26.4. The molecule has 1 rings (SSSR count). The van der Waals surface area contributed by atoms with Crippen LogP contribution in [0.25, 0.3) is 0 Å². The lowest BCUT2D eigenvalue weighted by Crippen LogP contribution is -2.12. The van der Waals surface area contributed by atoms with E-state index in [1.165, 1.54) is 12.1 Å². The van der Waals surface area contributed by atoms with E-state index in [0.717, 1.165) is 6.07 Å². The van der Waals surface area contributed by atoms with Gasteiger partial charge in [0.25, 0.3) is 0 Å². The first-order valence-corrected chi connectivity index (χ1v) is 5.94. The molecule has 2 unspecified atom stereocenters. The average Bonchev–Trinajstić information content (AvgIpc) is 2.19. The Labute approximate surface area is 97.8 Å². The number of hydrogen-bond acceptors (Lipinski definition) is 0. The highest BCUT2D eigenvalue weighted by atomic mass is 79.9. The summed E-state index contributed by atoms with van der Waals surface area (Å²) in [5, 5.41) is 0. The lowest BCUT2D eigenvalue weighted by molar-refractivity contribution is 0.406. The molecule has 0 saturated heterocycles. The van der Waals surface area contributed by atoms with Crippen molar-refractivity contribution >= 4 is 15.9 Å². The number of rotatable bonds is 3. The topological polar surface area (TPSA) is 0 Å². The maximum absolute atomic E-state index is 13.4. The number of alkyl halides is 1. The zero-order valence-electron chi connectivity index (χ0n) is 9.10. The molecule has 0 bridgehead atoms. The van der Waals surface area contributed by atoms with Gasteiger partial charge in [0.1, 0.15) is 11.6 Å². The summed E-state index contributed by atoms with van der Waals surface area (Å²) in [4.78, 5) is -0.145. The van der Waals surface area contributed by atoms with Crippen LogP contribution in [0.1, 0.15) is 31.2 Å². The van der Waals surface area contributed by atoms with Crippen LogP contribution in [0.4, 0.5) is 8.78 Å². The minimum absolute atomic E-state index is 0.145. The smallest absolute Gasteiger partial charge is 0.127 e. The summed E-state index contributed by atoms with van der Waals surface area (Å²) in [6.07, 6.45) is 0. The lowest BCUT2D eigenvalue weighted by Gasteiger charge is -2.22. The molecule has 0 N–H and O–H groups in total. The Kier molecular flexibility index (Phi) is 4.26. The summed E-state index contributed by atoms with van der Waals surface area (Å²) in [6, 6.07) is 3.57. The molecule has 1 aromatic rings. The Morgan fingerprint density at radius 3 is 2.27 bits per heavy atom. The summed E-state index contributed by atoms with van der Waals surface area (Å²) in [5.74, 6) is -0.0871. The van der Waals surface area contributed by atoms with E-state index < -0.39 is 5.82 Å². The molecule has 0 fully saturated rings. The van der Waals surface area contributed by atoms with E-state index in [9.17, 15) is 8.78 Å². The van der Waals surface area contributed by atoms with Crippen LogP contribution >= 0.6 is 15.9 Å². The molecular weight excluding hydrogens is 262 g/mol. The van der Waals surface area contributed by atoms with Gasteiger partial charge in [-0.15, -0.1) is 0 Å². The van der Waals surface area contributed by atoms with Crippen LogP contribution in [0.5, 0.6) is 0 Å². The van der Waals surface area contributed by atoms with Crippen molar-refractivity contribution in [3.05, 3.63) is 35.4 Å². The van der Waals surface area contributed by atoms with Gasteiger partial charge in [0.2, 0.25) is 0 Å². The van der Waals surface area contributed by atoms with Crippen molar-refractivity contribution in [3.8, 4) is 0 Å². The van der Waals surface area contributed by atoms with E-state index in [1.54, 1.807) is 0 Å². The van der Waals surface area contributed by atoms with Gasteiger partial charge in [0.15, 0.2) is 0 Å². The van der Waals surface area contributed by atoms with Gasteiger partial charge in [0, 0.05) is 10.4 Å². The van der Waals surface area contributed by atoms with Crippen LogP contribution in [-0.2, 0) is 0 Å². The van der Waals surface area contributed by atoms with Crippen molar-refractivity contribution < 1.29 is 8.78 Å². The van der Waals surface area contributed by atoms with Gasteiger partial charge in [-0.2, -0.15) is 0 Å². The van der Waals surface area contributed by atoms with Crippen LogP contribution in [0.3, 0.4) is 0 Å². The van der Waals surface area contributed by atoms with Gasteiger partial charge in [-0.25, -0.2) is 8.78 Å². The maximum atomic E-state index is 13.4. The van der Waals surface area contributed by atoms with Gasteiger partial charge >= 0.3 is 0 Å². The van der Waals surface area contributed by atoms with E-state index in [2.05, 4.69) is 29.8 Å². The third-order valence-corrected chi connectivity index (χ3v) is 4.10. The van der Waals surface area contributed by atoms with Crippen LogP contribution in [0.15, 0.2) is 18.2 Å². The number of benzene rings is 1. The predicted octanol–water partition coefficient (Wildman–Crippen LogP) is 4.69. The molecule has 0 nitrogen and oxygen atoms in total. The third-order valence-electron chi connectivity index (χ3n) is 2.77. The zero-order valence-corrected chi connectivity index (χ0v) is 10.7. The highest BCUT2D eigenvalue weighted by Crippen LogP contribution is 2.36. The highest BCUT2D eigenvalue weighted by Gasteiger charge is 2.22. The normalized spacial score (nSPS) is 15.4. The van der Waals surface area contributed by atoms with Crippen molar-refractivity contribution in [1.29, 1.82) is 0 Å². The fraction of sp³-hybridized carbons (Fsp3) is 0.500. The number of hydrogen-bond donors (Lipinski definition) is 0. The summed E-state index contributed by atoms with van der Waals surface area (Å²) in [5.41, 5.74) is 0.399. The van der Waals surface area contributed by atoms with Crippen LogP contribution in [-0.4, -0.2) is 0 Å². The predicted molar refractivity (Wildman–Crippen MR) is 62.0 cm³/mol. The molecule has 3 heteroatoms. The van der Waals surface area contributed by atoms with E-state index in [0.29, 0.717) is 11.5 Å². The van der Waals surface area contributed by atoms with Gasteiger partial charge in [-0.1, -0.05) is 36.7 Å². The first kappa shape index (κ1) is 12.6. The fourth-order valence-corrected chi connectivity index (χ4v) is 2.31. The largest absolute Gasteiger partial charge is 0.207 e. The van der Waals surface area contributed by atoms with Crippen molar-refractivity contribution in [2.75, 3.05) is 0 Å². The second-order valence-electron chi connectivity index (χ2n) is 4.17. The fourth-order valence-electron chi connectivity index (χ4n) is 1.35. The Hall–Kier alpha value is -0.440. The molecule has 0 spiro atoms. The van der Waals surface area contributed by atoms with Crippen molar-refractivity contribution in [3.63, 3.8) is 0 Å². The van der Waals surface area contributed by atoms with Gasteiger partial charge < -0.3 is 0 Å². The van der Waals surface area contributed by atoms with Gasteiger partial charge in [-0.05, 0) is 30.0 Å². The lowest BCUT2D eigenvalue weighted by atomic mass is 9.91. The average molecular weight is 277 g/mol. The van der Waals surface area contributed by atoms with Crippen LogP contribution in [0.2, 0.25) is 0 Å².